The minimum atomic E-state index is 0.425. The largest absolute Gasteiger partial charge is 0.496 e. The second kappa shape index (κ2) is 6.36. The standard InChI is InChI=1S/C11H15BrClNO/c1-8(6-12)14-7-9-5-10(13)3-4-11(9)15-2/h3-5,8,14H,6-7H2,1-2H3. The van der Waals surface area contributed by atoms with E-state index in [0.29, 0.717) is 6.04 Å². The Hall–Kier alpha value is -0.250. The molecule has 0 bridgehead atoms. The molecule has 0 spiro atoms. The summed E-state index contributed by atoms with van der Waals surface area (Å²) in [7, 11) is 1.67. The van der Waals surface area contributed by atoms with Crippen LogP contribution in [0, 0.1) is 0 Å². The number of hydrogen-bond acceptors (Lipinski definition) is 2. The SMILES string of the molecule is COc1ccc(Cl)cc1CNC(C)CBr. The maximum absolute atomic E-state index is 5.93. The van der Waals surface area contributed by atoms with E-state index in [1.54, 1.807) is 7.11 Å². The predicted octanol–water partition coefficient (Wildman–Crippen LogP) is 3.22. The maximum atomic E-state index is 5.93. The van der Waals surface area contributed by atoms with Crippen molar-refractivity contribution in [2.24, 2.45) is 0 Å². The van der Waals surface area contributed by atoms with E-state index >= 15 is 0 Å². The lowest BCUT2D eigenvalue weighted by atomic mass is 10.2. The van der Waals surface area contributed by atoms with Gasteiger partial charge in [-0.15, -0.1) is 0 Å². The fraction of sp³-hybridized carbons (Fsp3) is 0.455. The average Bonchev–Trinajstić information content (AvgIpc) is 2.26. The van der Waals surface area contributed by atoms with Crippen molar-refractivity contribution in [3.63, 3.8) is 0 Å². The van der Waals surface area contributed by atoms with Gasteiger partial charge < -0.3 is 10.1 Å². The van der Waals surface area contributed by atoms with E-state index < -0.39 is 0 Å². The topological polar surface area (TPSA) is 21.3 Å². The molecule has 2 nitrogen and oxygen atoms in total. The molecule has 1 N–H and O–H groups in total. The van der Waals surface area contributed by atoms with Crippen LogP contribution in [-0.2, 0) is 6.54 Å². The number of benzene rings is 1. The van der Waals surface area contributed by atoms with Crippen LogP contribution in [0.15, 0.2) is 18.2 Å². The third kappa shape index (κ3) is 4.01. The summed E-state index contributed by atoms with van der Waals surface area (Å²) in [6, 6.07) is 6.07. The van der Waals surface area contributed by atoms with E-state index in [2.05, 4.69) is 28.2 Å². The smallest absolute Gasteiger partial charge is 0.123 e. The van der Waals surface area contributed by atoms with Crippen LogP contribution in [0.1, 0.15) is 12.5 Å². The first-order valence-corrected chi connectivity index (χ1v) is 6.29. The Kier molecular flexibility index (Phi) is 5.43. The van der Waals surface area contributed by atoms with Crippen LogP contribution in [0.3, 0.4) is 0 Å². The van der Waals surface area contributed by atoms with Gasteiger partial charge in [-0.2, -0.15) is 0 Å². The molecule has 1 aromatic rings. The van der Waals surface area contributed by atoms with E-state index in [9.17, 15) is 0 Å². The number of alkyl halides is 1. The summed E-state index contributed by atoms with van der Waals surface area (Å²) in [5, 5.41) is 5.03. The fourth-order valence-electron chi connectivity index (χ4n) is 1.22. The second-order valence-electron chi connectivity index (χ2n) is 3.39. The molecule has 0 fully saturated rings. The first-order chi connectivity index (χ1) is 7.17. The number of rotatable bonds is 5. The molecule has 0 aliphatic heterocycles. The predicted molar refractivity (Wildman–Crippen MR) is 68.1 cm³/mol. The highest BCUT2D eigenvalue weighted by molar-refractivity contribution is 9.09. The second-order valence-corrected chi connectivity index (χ2v) is 4.48. The van der Waals surface area contributed by atoms with Crippen molar-refractivity contribution in [1.82, 2.24) is 5.32 Å². The van der Waals surface area contributed by atoms with Crippen molar-refractivity contribution >= 4 is 27.5 Å². The molecule has 1 atom stereocenters. The van der Waals surface area contributed by atoms with Crippen LogP contribution in [0.2, 0.25) is 5.02 Å². The van der Waals surface area contributed by atoms with Gasteiger partial charge in [0.25, 0.3) is 0 Å². The minimum absolute atomic E-state index is 0.425. The lowest BCUT2D eigenvalue weighted by molar-refractivity contribution is 0.406. The summed E-state index contributed by atoms with van der Waals surface area (Å²) in [4.78, 5) is 0. The number of hydrogen-bond donors (Lipinski definition) is 1. The summed E-state index contributed by atoms with van der Waals surface area (Å²) < 4.78 is 5.26. The van der Waals surface area contributed by atoms with Gasteiger partial charge in [0.1, 0.15) is 5.75 Å². The number of ether oxygens (including phenoxy) is 1. The molecule has 0 heterocycles. The molecule has 0 amide bonds. The zero-order valence-corrected chi connectivity index (χ0v) is 11.2. The van der Waals surface area contributed by atoms with Crippen LogP contribution in [-0.4, -0.2) is 18.5 Å². The van der Waals surface area contributed by atoms with Gasteiger partial charge in [0.2, 0.25) is 0 Å². The molecule has 1 unspecified atom stereocenters. The van der Waals surface area contributed by atoms with Crippen molar-refractivity contribution < 1.29 is 4.74 Å². The first kappa shape index (κ1) is 12.8. The highest BCUT2D eigenvalue weighted by atomic mass is 79.9. The molecule has 0 aromatic heterocycles. The molecule has 15 heavy (non-hydrogen) atoms. The highest BCUT2D eigenvalue weighted by Gasteiger charge is 2.05. The normalized spacial score (nSPS) is 12.5. The lowest BCUT2D eigenvalue weighted by Crippen LogP contribution is -2.26. The molecule has 4 heteroatoms. The van der Waals surface area contributed by atoms with E-state index in [4.69, 9.17) is 16.3 Å². The van der Waals surface area contributed by atoms with Gasteiger partial charge in [0.05, 0.1) is 7.11 Å². The monoisotopic (exact) mass is 291 g/mol. The number of methoxy groups -OCH3 is 1. The fourth-order valence-corrected chi connectivity index (χ4v) is 1.65. The molecule has 1 rings (SSSR count). The number of halogens is 2. The van der Waals surface area contributed by atoms with Crippen molar-refractivity contribution in [1.29, 1.82) is 0 Å². The van der Waals surface area contributed by atoms with Crippen LogP contribution in [0.25, 0.3) is 0 Å². The Labute approximate surface area is 104 Å². The summed E-state index contributed by atoms with van der Waals surface area (Å²) in [5.74, 6) is 0.869. The minimum Gasteiger partial charge on any atom is -0.496 e. The highest BCUT2D eigenvalue weighted by Crippen LogP contribution is 2.22. The summed E-state index contributed by atoms with van der Waals surface area (Å²) >= 11 is 9.35. The van der Waals surface area contributed by atoms with E-state index in [1.165, 1.54) is 0 Å². The Morgan fingerprint density at radius 2 is 2.27 bits per heavy atom. The molecular formula is C11H15BrClNO. The third-order valence-corrected chi connectivity index (χ3v) is 3.32. The molecule has 0 saturated heterocycles. The van der Waals surface area contributed by atoms with E-state index in [1.807, 2.05) is 18.2 Å². The Morgan fingerprint density at radius 3 is 2.87 bits per heavy atom. The van der Waals surface area contributed by atoms with Gasteiger partial charge in [-0.1, -0.05) is 27.5 Å². The molecule has 0 aliphatic rings. The maximum Gasteiger partial charge on any atom is 0.123 e. The number of nitrogens with one attached hydrogen (secondary N) is 1. The first-order valence-electron chi connectivity index (χ1n) is 4.79. The molecule has 0 radical (unpaired) electrons. The van der Waals surface area contributed by atoms with Crippen molar-refractivity contribution in [3.8, 4) is 5.75 Å². The molecule has 0 aliphatic carbocycles. The van der Waals surface area contributed by atoms with E-state index in [-0.39, 0.29) is 0 Å². The lowest BCUT2D eigenvalue weighted by Gasteiger charge is -2.13. The van der Waals surface area contributed by atoms with Gasteiger partial charge in [0.15, 0.2) is 0 Å². The van der Waals surface area contributed by atoms with Crippen molar-refractivity contribution in [3.05, 3.63) is 28.8 Å². The Bertz CT molecular complexity index is 319. The Balaban J connectivity index is 2.69. The summed E-state index contributed by atoms with van der Waals surface area (Å²) in [5.41, 5.74) is 1.08. The van der Waals surface area contributed by atoms with Crippen LogP contribution < -0.4 is 10.1 Å². The summed E-state index contributed by atoms with van der Waals surface area (Å²) in [6.45, 7) is 2.88. The van der Waals surface area contributed by atoms with Crippen molar-refractivity contribution in [2.45, 2.75) is 19.5 Å². The van der Waals surface area contributed by atoms with Crippen LogP contribution in [0.5, 0.6) is 5.75 Å². The van der Waals surface area contributed by atoms with E-state index in [0.717, 1.165) is 28.2 Å². The van der Waals surface area contributed by atoms with Crippen molar-refractivity contribution in [2.75, 3.05) is 12.4 Å². The zero-order chi connectivity index (χ0) is 11.3. The quantitative estimate of drug-likeness (QED) is 0.841. The van der Waals surface area contributed by atoms with Gasteiger partial charge >= 0.3 is 0 Å². The van der Waals surface area contributed by atoms with Crippen LogP contribution in [0.4, 0.5) is 0 Å². The molecule has 0 saturated carbocycles. The molecule has 1 aromatic carbocycles. The van der Waals surface area contributed by atoms with Gasteiger partial charge in [-0.3, -0.25) is 0 Å². The zero-order valence-electron chi connectivity index (χ0n) is 8.89. The Morgan fingerprint density at radius 1 is 1.53 bits per heavy atom. The van der Waals surface area contributed by atoms with Gasteiger partial charge in [0, 0.05) is 28.5 Å². The molecular weight excluding hydrogens is 277 g/mol. The third-order valence-electron chi connectivity index (χ3n) is 2.11. The van der Waals surface area contributed by atoms with Gasteiger partial charge in [-0.25, -0.2) is 0 Å². The summed E-state index contributed by atoms with van der Waals surface area (Å²) in [6.07, 6.45) is 0. The van der Waals surface area contributed by atoms with Crippen LogP contribution >= 0.6 is 27.5 Å². The van der Waals surface area contributed by atoms with Gasteiger partial charge in [-0.05, 0) is 25.1 Å². The molecule has 84 valence electrons. The average molecular weight is 293 g/mol.